The van der Waals surface area contributed by atoms with Crippen molar-refractivity contribution in [3.05, 3.63) is 0 Å². The van der Waals surface area contributed by atoms with E-state index in [1.165, 1.54) is 0 Å². The lowest BCUT2D eigenvalue weighted by molar-refractivity contribution is -0.183. The van der Waals surface area contributed by atoms with Gasteiger partial charge in [-0.25, -0.2) is 0 Å². The molecular weight excluding hydrogens is 259 g/mol. The molecule has 0 aromatic rings. The highest BCUT2D eigenvalue weighted by atomic mass is 19.4. The Labute approximate surface area is 112 Å². The second-order valence-corrected chi connectivity index (χ2v) is 5.70. The van der Waals surface area contributed by atoms with E-state index in [1.54, 1.807) is 20.8 Å². The molecule has 0 aromatic heterocycles. The summed E-state index contributed by atoms with van der Waals surface area (Å²) in [6.07, 6.45) is -2.33. The van der Waals surface area contributed by atoms with E-state index in [1.807, 2.05) is 6.92 Å². The fraction of sp³-hybridized carbons (Fsp3) is 0.923. The Morgan fingerprint density at radius 3 is 2.11 bits per heavy atom. The summed E-state index contributed by atoms with van der Waals surface area (Å²) in [5, 5.41) is 0. The number of carbonyl (C=O) groups is 1. The molecule has 0 rings (SSSR count). The van der Waals surface area contributed by atoms with Crippen LogP contribution >= 0.6 is 0 Å². The van der Waals surface area contributed by atoms with Crippen LogP contribution < -0.4 is 5.73 Å². The van der Waals surface area contributed by atoms with Gasteiger partial charge >= 0.3 is 12.1 Å². The first-order valence-electron chi connectivity index (χ1n) is 6.54. The van der Waals surface area contributed by atoms with Crippen LogP contribution in [0.15, 0.2) is 0 Å². The first-order chi connectivity index (χ1) is 8.49. The summed E-state index contributed by atoms with van der Waals surface area (Å²) < 4.78 is 43.0. The van der Waals surface area contributed by atoms with E-state index < -0.39 is 29.7 Å². The van der Waals surface area contributed by atoms with E-state index >= 15 is 0 Å². The van der Waals surface area contributed by atoms with Crippen molar-refractivity contribution in [1.29, 1.82) is 0 Å². The lowest BCUT2D eigenvalue weighted by atomic mass is 9.93. The predicted octanol–water partition coefficient (Wildman–Crippen LogP) is 3.41. The number of ether oxygens (including phenoxy) is 1. The molecule has 19 heavy (non-hydrogen) atoms. The van der Waals surface area contributed by atoms with Crippen molar-refractivity contribution >= 4 is 5.97 Å². The number of alkyl halides is 3. The molecule has 0 saturated heterocycles. The summed E-state index contributed by atoms with van der Waals surface area (Å²) in [6, 6.07) is -2.17. The predicted molar refractivity (Wildman–Crippen MR) is 67.5 cm³/mol. The smallest absolute Gasteiger partial charge is 0.404 e. The Kier molecular flexibility index (Phi) is 6.83. The van der Waals surface area contributed by atoms with Crippen molar-refractivity contribution in [2.45, 2.75) is 71.2 Å². The summed E-state index contributed by atoms with van der Waals surface area (Å²) in [4.78, 5) is 11.8. The average Bonchev–Trinajstić information content (AvgIpc) is 2.19. The van der Waals surface area contributed by atoms with Crippen molar-refractivity contribution in [3.63, 3.8) is 0 Å². The van der Waals surface area contributed by atoms with Crippen LogP contribution in [0.25, 0.3) is 0 Å². The Morgan fingerprint density at radius 1 is 1.21 bits per heavy atom. The van der Waals surface area contributed by atoms with Crippen LogP contribution in [0.5, 0.6) is 0 Å². The van der Waals surface area contributed by atoms with E-state index in [2.05, 4.69) is 0 Å². The van der Waals surface area contributed by atoms with Crippen LogP contribution in [0.3, 0.4) is 0 Å². The molecule has 3 nitrogen and oxygen atoms in total. The topological polar surface area (TPSA) is 52.3 Å². The molecule has 114 valence electrons. The van der Waals surface area contributed by atoms with Crippen LogP contribution in [0, 0.1) is 5.92 Å². The first-order valence-corrected chi connectivity index (χ1v) is 6.54. The number of unbranched alkanes of at least 4 members (excludes halogenated alkanes) is 2. The van der Waals surface area contributed by atoms with Crippen molar-refractivity contribution in [2.75, 3.05) is 0 Å². The quantitative estimate of drug-likeness (QED) is 0.600. The van der Waals surface area contributed by atoms with E-state index in [0.29, 0.717) is 6.42 Å². The number of hydrogen-bond donors (Lipinski definition) is 1. The zero-order chi connectivity index (χ0) is 15.3. The fourth-order valence-corrected chi connectivity index (χ4v) is 1.66. The molecule has 0 bridgehead atoms. The minimum atomic E-state index is -4.59. The average molecular weight is 283 g/mol. The van der Waals surface area contributed by atoms with Gasteiger partial charge in [-0.15, -0.1) is 0 Å². The van der Waals surface area contributed by atoms with Crippen LogP contribution in [-0.2, 0) is 9.53 Å². The number of halogens is 3. The van der Waals surface area contributed by atoms with Gasteiger partial charge in [0.1, 0.15) is 11.6 Å². The monoisotopic (exact) mass is 283 g/mol. The van der Waals surface area contributed by atoms with Gasteiger partial charge in [0.05, 0.1) is 5.92 Å². The minimum absolute atomic E-state index is 0.101. The molecule has 0 fully saturated rings. The Balaban J connectivity index is 4.80. The molecule has 0 amide bonds. The standard InChI is InChI=1S/C13H24F3NO2/c1-5-6-7-8-9(10(17)13(14,15)16)11(18)19-12(2,3)4/h9-10H,5-8,17H2,1-4H3/t9-,10-/m0/s1. The Morgan fingerprint density at radius 2 is 1.74 bits per heavy atom. The maximum absolute atomic E-state index is 12.7. The third kappa shape index (κ3) is 7.40. The number of hydrogen-bond acceptors (Lipinski definition) is 3. The normalized spacial score (nSPS) is 16.0. The second kappa shape index (κ2) is 7.12. The highest BCUT2D eigenvalue weighted by molar-refractivity contribution is 5.73. The summed E-state index contributed by atoms with van der Waals surface area (Å²) in [5.74, 6) is -2.20. The van der Waals surface area contributed by atoms with Crippen LogP contribution in [0.1, 0.15) is 53.4 Å². The van der Waals surface area contributed by atoms with Crippen molar-refractivity contribution in [2.24, 2.45) is 11.7 Å². The molecule has 2 atom stereocenters. The molecule has 0 radical (unpaired) electrons. The number of esters is 1. The lowest BCUT2D eigenvalue weighted by Gasteiger charge is -2.28. The van der Waals surface area contributed by atoms with Gasteiger partial charge in [0.25, 0.3) is 0 Å². The van der Waals surface area contributed by atoms with Crippen molar-refractivity contribution < 1.29 is 22.7 Å². The summed E-state index contributed by atoms with van der Waals surface area (Å²) in [7, 11) is 0. The molecular formula is C13H24F3NO2. The highest BCUT2D eigenvalue weighted by Gasteiger charge is 2.45. The first kappa shape index (κ1) is 18.2. The number of rotatable bonds is 6. The third-order valence-corrected chi connectivity index (χ3v) is 2.64. The Bertz CT molecular complexity index is 285. The second-order valence-electron chi connectivity index (χ2n) is 5.70. The Hall–Kier alpha value is -0.780. The fourth-order valence-electron chi connectivity index (χ4n) is 1.66. The van der Waals surface area contributed by atoms with E-state index in [0.717, 1.165) is 12.8 Å². The minimum Gasteiger partial charge on any atom is -0.460 e. The van der Waals surface area contributed by atoms with Crippen molar-refractivity contribution in [3.8, 4) is 0 Å². The SMILES string of the molecule is CCCCC[C@H](C(=O)OC(C)(C)C)[C@H](N)C(F)(F)F. The van der Waals surface area contributed by atoms with Gasteiger partial charge in [-0.3, -0.25) is 4.79 Å². The van der Waals surface area contributed by atoms with Crippen LogP contribution in [0.2, 0.25) is 0 Å². The lowest BCUT2D eigenvalue weighted by Crippen LogP contribution is -2.48. The van der Waals surface area contributed by atoms with Gasteiger partial charge < -0.3 is 10.5 Å². The van der Waals surface area contributed by atoms with Gasteiger partial charge in [0, 0.05) is 0 Å². The highest BCUT2D eigenvalue weighted by Crippen LogP contribution is 2.29. The van der Waals surface area contributed by atoms with Gasteiger partial charge in [0.15, 0.2) is 0 Å². The van der Waals surface area contributed by atoms with Gasteiger partial charge in [-0.1, -0.05) is 26.2 Å². The molecule has 2 N–H and O–H groups in total. The zero-order valence-electron chi connectivity index (χ0n) is 12.0. The number of nitrogens with two attached hydrogens (primary N) is 1. The van der Waals surface area contributed by atoms with Gasteiger partial charge in [-0.05, 0) is 27.2 Å². The van der Waals surface area contributed by atoms with Crippen LogP contribution in [-0.4, -0.2) is 23.8 Å². The van der Waals surface area contributed by atoms with E-state index in [-0.39, 0.29) is 6.42 Å². The van der Waals surface area contributed by atoms with E-state index in [9.17, 15) is 18.0 Å². The van der Waals surface area contributed by atoms with Gasteiger partial charge in [0.2, 0.25) is 0 Å². The largest absolute Gasteiger partial charge is 0.460 e. The molecule has 0 heterocycles. The summed E-state index contributed by atoms with van der Waals surface area (Å²) >= 11 is 0. The zero-order valence-corrected chi connectivity index (χ0v) is 12.0. The van der Waals surface area contributed by atoms with E-state index in [4.69, 9.17) is 10.5 Å². The molecule has 0 saturated carbocycles. The number of carbonyl (C=O) groups excluding carboxylic acids is 1. The molecule has 6 heteroatoms. The maximum atomic E-state index is 12.7. The van der Waals surface area contributed by atoms with Crippen molar-refractivity contribution in [1.82, 2.24) is 0 Å². The summed E-state index contributed by atoms with van der Waals surface area (Å²) in [6.45, 7) is 6.79. The molecule has 0 unspecified atom stereocenters. The molecule has 0 aliphatic rings. The third-order valence-electron chi connectivity index (χ3n) is 2.64. The summed E-state index contributed by atoms with van der Waals surface area (Å²) in [5.41, 5.74) is 4.36. The molecule has 0 aliphatic heterocycles. The molecule has 0 spiro atoms. The van der Waals surface area contributed by atoms with Crippen LogP contribution in [0.4, 0.5) is 13.2 Å². The van der Waals surface area contributed by atoms with Gasteiger partial charge in [-0.2, -0.15) is 13.2 Å². The maximum Gasteiger partial charge on any atom is 0.404 e. The molecule has 0 aromatic carbocycles. The molecule has 0 aliphatic carbocycles.